The molecule has 1 heterocycles. The molecule has 0 spiro atoms. The van der Waals surface area contributed by atoms with E-state index >= 15 is 0 Å². The third-order valence-electron chi connectivity index (χ3n) is 10.6. The SMILES string of the molecule is CC1(C)C2=C(C=CC(c3ccc4ccccc4c3)C2)c2ccccc21.Cc1ccc2ccc3ccc4c5ccccc5sc4c3c2c1. The summed E-state index contributed by atoms with van der Waals surface area (Å²) in [6.45, 7) is 6.93. The molecule has 2 aliphatic carbocycles. The van der Waals surface area contributed by atoms with Crippen LogP contribution < -0.4 is 0 Å². The Morgan fingerprint density at radius 1 is 0.617 bits per heavy atom. The summed E-state index contributed by atoms with van der Waals surface area (Å²) in [7, 11) is 0. The van der Waals surface area contributed by atoms with Gasteiger partial charge in [0.2, 0.25) is 0 Å². The Morgan fingerprint density at radius 3 is 2.26 bits per heavy atom. The zero-order valence-electron chi connectivity index (χ0n) is 27.0. The Balaban J connectivity index is 0.000000130. The van der Waals surface area contributed by atoms with Gasteiger partial charge in [0.1, 0.15) is 0 Å². The zero-order chi connectivity index (χ0) is 31.7. The minimum atomic E-state index is 0.131. The summed E-state index contributed by atoms with van der Waals surface area (Å²) in [4.78, 5) is 0. The summed E-state index contributed by atoms with van der Waals surface area (Å²) in [6, 6.07) is 49.0. The Hall–Kier alpha value is -4.98. The molecule has 1 atom stereocenters. The van der Waals surface area contributed by atoms with Gasteiger partial charge in [0.15, 0.2) is 0 Å². The summed E-state index contributed by atoms with van der Waals surface area (Å²) in [5.41, 5.74) is 8.82. The monoisotopic (exact) mass is 620 g/mol. The minimum absolute atomic E-state index is 0.131. The highest BCUT2D eigenvalue weighted by Crippen LogP contribution is 2.52. The van der Waals surface area contributed by atoms with Crippen molar-refractivity contribution in [3.05, 3.63) is 173 Å². The van der Waals surface area contributed by atoms with Gasteiger partial charge in [0.05, 0.1) is 0 Å². The molecule has 0 nitrogen and oxygen atoms in total. The largest absolute Gasteiger partial charge is 0.135 e. The molecule has 0 radical (unpaired) electrons. The smallest absolute Gasteiger partial charge is 0.0440 e. The summed E-state index contributed by atoms with van der Waals surface area (Å²) < 4.78 is 2.78. The van der Waals surface area contributed by atoms with Crippen molar-refractivity contribution in [2.75, 3.05) is 0 Å². The number of aryl methyl sites for hydroxylation is 1. The molecule has 0 aliphatic heterocycles. The molecule has 1 unspecified atom stereocenters. The lowest BCUT2D eigenvalue weighted by molar-refractivity contribution is 0.591. The molecule has 0 saturated heterocycles. The van der Waals surface area contributed by atoms with Crippen LogP contribution in [0.25, 0.3) is 58.1 Å². The second-order valence-electron chi connectivity index (χ2n) is 13.8. The van der Waals surface area contributed by atoms with Gasteiger partial charge in [0.25, 0.3) is 0 Å². The van der Waals surface area contributed by atoms with Gasteiger partial charge in [-0.15, -0.1) is 11.3 Å². The van der Waals surface area contributed by atoms with Gasteiger partial charge in [-0.3, -0.25) is 0 Å². The summed E-state index contributed by atoms with van der Waals surface area (Å²) >= 11 is 1.91. The van der Waals surface area contributed by atoms with Crippen molar-refractivity contribution in [2.45, 2.75) is 38.5 Å². The van der Waals surface area contributed by atoms with Crippen LogP contribution in [0.1, 0.15) is 48.4 Å². The summed E-state index contributed by atoms with van der Waals surface area (Å²) in [6.07, 6.45) is 5.89. The summed E-state index contributed by atoms with van der Waals surface area (Å²) in [5, 5.41) is 10.8. The number of hydrogen-bond donors (Lipinski definition) is 0. The second kappa shape index (κ2) is 10.8. The lowest BCUT2D eigenvalue weighted by Gasteiger charge is -2.29. The van der Waals surface area contributed by atoms with Crippen LogP contribution in [0.5, 0.6) is 0 Å². The Kier molecular flexibility index (Phi) is 6.49. The maximum Gasteiger partial charge on any atom is 0.0440 e. The average molecular weight is 621 g/mol. The quantitative estimate of drug-likeness (QED) is 0.160. The van der Waals surface area contributed by atoms with Gasteiger partial charge < -0.3 is 0 Å². The predicted octanol–water partition coefficient (Wildman–Crippen LogP) is 13.3. The molecular formula is C46H36S. The van der Waals surface area contributed by atoms with Gasteiger partial charge >= 0.3 is 0 Å². The normalized spacial score (nSPS) is 16.5. The van der Waals surface area contributed by atoms with E-state index in [2.05, 4.69) is 166 Å². The minimum Gasteiger partial charge on any atom is -0.135 e. The fourth-order valence-electron chi connectivity index (χ4n) is 8.08. The highest BCUT2D eigenvalue weighted by molar-refractivity contribution is 7.26. The maximum absolute atomic E-state index is 2.40. The fourth-order valence-corrected chi connectivity index (χ4v) is 9.35. The molecule has 0 saturated carbocycles. The van der Waals surface area contributed by atoms with Crippen LogP contribution in [0.3, 0.4) is 0 Å². The van der Waals surface area contributed by atoms with E-state index in [-0.39, 0.29) is 5.41 Å². The summed E-state index contributed by atoms with van der Waals surface area (Å²) in [5.74, 6) is 0.469. The van der Waals surface area contributed by atoms with E-state index in [1.165, 1.54) is 80.3 Å². The number of benzene rings is 7. The third kappa shape index (κ3) is 4.56. The van der Waals surface area contributed by atoms with Crippen molar-refractivity contribution < 1.29 is 0 Å². The van der Waals surface area contributed by atoms with Gasteiger partial charge in [-0.1, -0.05) is 165 Å². The first-order valence-corrected chi connectivity index (χ1v) is 17.5. The van der Waals surface area contributed by atoms with Gasteiger partial charge in [-0.05, 0) is 68.6 Å². The molecule has 2 aliphatic rings. The molecule has 226 valence electrons. The Morgan fingerprint density at radius 2 is 1.34 bits per heavy atom. The predicted molar refractivity (Wildman–Crippen MR) is 206 cm³/mol. The lowest BCUT2D eigenvalue weighted by atomic mass is 9.75. The van der Waals surface area contributed by atoms with Crippen LogP contribution in [0, 0.1) is 6.92 Å². The Bertz CT molecular complexity index is 2590. The number of fused-ring (bicyclic) bond motifs is 10. The van der Waals surface area contributed by atoms with Crippen molar-refractivity contribution >= 4 is 69.4 Å². The van der Waals surface area contributed by atoms with E-state index in [0.717, 1.165) is 6.42 Å². The van der Waals surface area contributed by atoms with Gasteiger partial charge in [0, 0.05) is 36.9 Å². The first kappa shape index (κ1) is 28.3. The van der Waals surface area contributed by atoms with E-state index in [1.54, 1.807) is 5.57 Å². The molecule has 47 heavy (non-hydrogen) atoms. The van der Waals surface area contributed by atoms with E-state index in [9.17, 15) is 0 Å². The molecule has 1 heteroatoms. The van der Waals surface area contributed by atoms with Crippen LogP contribution in [-0.4, -0.2) is 0 Å². The van der Waals surface area contributed by atoms with Crippen molar-refractivity contribution in [1.82, 2.24) is 0 Å². The molecule has 0 N–H and O–H groups in total. The van der Waals surface area contributed by atoms with Gasteiger partial charge in [-0.25, -0.2) is 0 Å². The number of thiophene rings is 1. The van der Waals surface area contributed by atoms with Crippen molar-refractivity contribution in [1.29, 1.82) is 0 Å². The van der Waals surface area contributed by atoms with E-state index in [4.69, 9.17) is 0 Å². The maximum atomic E-state index is 2.40. The van der Waals surface area contributed by atoms with Crippen molar-refractivity contribution in [3.8, 4) is 0 Å². The van der Waals surface area contributed by atoms with Crippen LogP contribution in [0.2, 0.25) is 0 Å². The zero-order valence-corrected chi connectivity index (χ0v) is 27.9. The third-order valence-corrected chi connectivity index (χ3v) is 11.8. The molecule has 7 aromatic carbocycles. The molecule has 0 amide bonds. The van der Waals surface area contributed by atoms with E-state index in [1.807, 2.05) is 11.3 Å². The van der Waals surface area contributed by atoms with Crippen molar-refractivity contribution in [2.24, 2.45) is 0 Å². The van der Waals surface area contributed by atoms with Crippen LogP contribution in [0.4, 0.5) is 0 Å². The van der Waals surface area contributed by atoms with E-state index in [0.29, 0.717) is 5.92 Å². The van der Waals surface area contributed by atoms with Crippen molar-refractivity contribution in [3.63, 3.8) is 0 Å². The van der Waals surface area contributed by atoms with E-state index < -0.39 is 0 Å². The fraction of sp³-hybridized carbons (Fsp3) is 0.130. The number of hydrogen-bond acceptors (Lipinski definition) is 1. The molecule has 1 aromatic heterocycles. The lowest BCUT2D eigenvalue weighted by Crippen LogP contribution is -2.19. The van der Waals surface area contributed by atoms with Crippen LogP contribution in [-0.2, 0) is 5.41 Å². The molecule has 0 bridgehead atoms. The molecule has 10 rings (SSSR count). The highest BCUT2D eigenvalue weighted by Gasteiger charge is 2.38. The molecule has 8 aromatic rings. The number of allylic oxidation sites excluding steroid dienone is 4. The first-order chi connectivity index (χ1) is 23.0. The van der Waals surface area contributed by atoms with Crippen LogP contribution in [0.15, 0.2) is 151 Å². The molecule has 0 fully saturated rings. The van der Waals surface area contributed by atoms with Gasteiger partial charge in [-0.2, -0.15) is 0 Å². The van der Waals surface area contributed by atoms with Crippen LogP contribution >= 0.6 is 11.3 Å². The molecular weight excluding hydrogens is 585 g/mol. The number of rotatable bonds is 1. The average Bonchev–Trinajstić information content (AvgIpc) is 3.60. The second-order valence-corrected chi connectivity index (χ2v) is 14.8. The highest BCUT2D eigenvalue weighted by atomic mass is 32.1. The standard InChI is InChI=1S/C25H22.C21H14S/c1-25(2)23-10-6-5-9-21(23)22-14-13-20(16-24(22)25)19-12-11-17-7-3-4-8-18(17)15-19;1-13-6-7-14-8-9-15-10-11-17-16-4-2-3-5-19(16)22-21(17)20(15)18(14)12-13/h3-15,20H,16H2,1-2H3;2-12H,1H3. The first-order valence-electron chi connectivity index (χ1n) is 16.7. The topological polar surface area (TPSA) is 0 Å². The Labute approximate surface area is 280 Å².